The number of halogens is 1. The van der Waals surface area contributed by atoms with Crippen molar-refractivity contribution in [3.63, 3.8) is 0 Å². The van der Waals surface area contributed by atoms with Gasteiger partial charge in [-0.1, -0.05) is 6.92 Å². The Labute approximate surface area is 116 Å². The largest absolute Gasteiger partial charge is 0.494 e. The van der Waals surface area contributed by atoms with Crippen LogP contribution in [0.3, 0.4) is 0 Å². The van der Waals surface area contributed by atoms with E-state index in [1.165, 1.54) is 12.3 Å². The van der Waals surface area contributed by atoms with Gasteiger partial charge in [0.2, 0.25) is 11.1 Å². The molecule has 0 fully saturated rings. The van der Waals surface area contributed by atoms with Crippen LogP contribution in [0.25, 0.3) is 0 Å². The highest BCUT2D eigenvalue weighted by Gasteiger charge is 2.11. The summed E-state index contributed by atoms with van der Waals surface area (Å²) in [6.07, 6.45) is 2.40. The van der Waals surface area contributed by atoms with Crippen LogP contribution >= 0.6 is 11.6 Å². The number of rotatable bonds is 5. The Hall–Kier alpha value is -1.94. The highest BCUT2D eigenvalue weighted by atomic mass is 35.5. The van der Waals surface area contributed by atoms with Gasteiger partial charge in [0.15, 0.2) is 0 Å². The van der Waals surface area contributed by atoms with Gasteiger partial charge in [-0.2, -0.15) is 0 Å². The van der Waals surface area contributed by atoms with Gasteiger partial charge >= 0.3 is 0 Å². The summed E-state index contributed by atoms with van der Waals surface area (Å²) in [4.78, 5) is 19.8. The summed E-state index contributed by atoms with van der Waals surface area (Å²) in [5.74, 6) is 0.561. The van der Waals surface area contributed by atoms with Crippen LogP contribution in [0.2, 0.25) is 5.28 Å². The lowest BCUT2D eigenvalue weighted by Gasteiger charge is -2.05. The first-order valence-corrected chi connectivity index (χ1v) is 6.34. The molecule has 0 saturated heterocycles. The molecule has 0 aliphatic heterocycles. The van der Waals surface area contributed by atoms with Gasteiger partial charge < -0.3 is 4.74 Å². The minimum Gasteiger partial charge on any atom is -0.494 e. The molecule has 1 heterocycles. The fourth-order valence-electron chi connectivity index (χ4n) is 1.53. The van der Waals surface area contributed by atoms with Gasteiger partial charge in [0.05, 0.1) is 6.61 Å². The summed E-state index contributed by atoms with van der Waals surface area (Å²) in [5.41, 5.74) is 0.820. The second-order valence-corrected chi connectivity index (χ2v) is 4.25. The Morgan fingerprint density at radius 3 is 2.63 bits per heavy atom. The molecular formula is C14H13ClN2O2. The first-order valence-electron chi connectivity index (χ1n) is 5.97. The van der Waals surface area contributed by atoms with Crippen molar-refractivity contribution in [3.05, 3.63) is 53.1 Å². The second kappa shape index (κ2) is 6.29. The van der Waals surface area contributed by atoms with E-state index in [-0.39, 0.29) is 16.8 Å². The normalized spacial score (nSPS) is 10.2. The highest BCUT2D eigenvalue weighted by Crippen LogP contribution is 2.15. The number of ether oxygens (including phenoxy) is 1. The predicted molar refractivity (Wildman–Crippen MR) is 72.7 cm³/mol. The molecule has 0 unspecified atom stereocenters. The van der Waals surface area contributed by atoms with Crippen molar-refractivity contribution >= 4 is 17.4 Å². The molecule has 0 bridgehead atoms. The smallest absolute Gasteiger partial charge is 0.222 e. The van der Waals surface area contributed by atoms with E-state index in [9.17, 15) is 4.79 Å². The van der Waals surface area contributed by atoms with Gasteiger partial charge in [-0.05, 0) is 48.4 Å². The first kappa shape index (κ1) is 13.5. The van der Waals surface area contributed by atoms with Crippen LogP contribution in [-0.4, -0.2) is 22.4 Å². The summed E-state index contributed by atoms with van der Waals surface area (Å²) >= 11 is 5.66. The summed E-state index contributed by atoms with van der Waals surface area (Å²) < 4.78 is 5.46. The molecule has 1 aromatic carbocycles. The van der Waals surface area contributed by atoms with Crippen LogP contribution < -0.4 is 4.74 Å². The van der Waals surface area contributed by atoms with Crippen LogP contribution in [0.4, 0.5) is 0 Å². The number of aromatic nitrogens is 2. The lowest BCUT2D eigenvalue weighted by atomic mass is 10.1. The Bertz CT molecular complexity index is 570. The molecule has 0 radical (unpaired) electrons. The summed E-state index contributed by atoms with van der Waals surface area (Å²) in [7, 11) is 0. The third kappa shape index (κ3) is 3.51. The number of carbonyl (C=O) groups excluding carboxylic acids is 1. The van der Waals surface area contributed by atoms with Crippen LogP contribution in [0.1, 0.15) is 29.4 Å². The number of benzene rings is 1. The van der Waals surface area contributed by atoms with Gasteiger partial charge in [-0.3, -0.25) is 4.79 Å². The van der Waals surface area contributed by atoms with Crippen LogP contribution in [-0.2, 0) is 0 Å². The molecule has 0 amide bonds. The molecule has 5 heteroatoms. The molecule has 98 valence electrons. The molecule has 0 N–H and O–H groups in total. The molecule has 0 spiro atoms. The van der Waals surface area contributed by atoms with Crippen molar-refractivity contribution in [2.24, 2.45) is 0 Å². The maximum Gasteiger partial charge on any atom is 0.222 e. The van der Waals surface area contributed by atoms with E-state index in [2.05, 4.69) is 9.97 Å². The number of hydrogen-bond acceptors (Lipinski definition) is 4. The van der Waals surface area contributed by atoms with E-state index >= 15 is 0 Å². The van der Waals surface area contributed by atoms with Crippen LogP contribution in [0.5, 0.6) is 5.75 Å². The summed E-state index contributed by atoms with van der Waals surface area (Å²) in [6.45, 7) is 2.70. The Morgan fingerprint density at radius 1 is 1.26 bits per heavy atom. The molecule has 2 rings (SSSR count). The van der Waals surface area contributed by atoms with E-state index in [1.807, 2.05) is 6.92 Å². The monoisotopic (exact) mass is 276 g/mol. The van der Waals surface area contributed by atoms with Crippen molar-refractivity contribution < 1.29 is 9.53 Å². The SMILES string of the molecule is CCCOc1ccc(C(=O)c2ccnc(Cl)n2)cc1. The zero-order valence-corrected chi connectivity index (χ0v) is 11.2. The maximum atomic E-state index is 12.1. The van der Waals surface area contributed by atoms with Crippen LogP contribution in [0.15, 0.2) is 36.5 Å². The first-order chi connectivity index (χ1) is 9.20. The molecule has 0 saturated carbocycles. The van der Waals surface area contributed by atoms with Gasteiger partial charge in [0.25, 0.3) is 0 Å². The minimum atomic E-state index is -0.189. The van der Waals surface area contributed by atoms with E-state index in [4.69, 9.17) is 16.3 Å². The molecule has 2 aromatic rings. The molecule has 4 nitrogen and oxygen atoms in total. The van der Waals surface area contributed by atoms with Crippen molar-refractivity contribution in [1.29, 1.82) is 0 Å². The standard InChI is InChI=1S/C14H13ClN2O2/c1-2-9-19-11-5-3-10(4-6-11)13(18)12-7-8-16-14(15)17-12/h3-8H,2,9H2,1H3. The topological polar surface area (TPSA) is 52.1 Å². The zero-order valence-electron chi connectivity index (χ0n) is 10.5. The number of hydrogen-bond donors (Lipinski definition) is 0. The second-order valence-electron chi connectivity index (χ2n) is 3.91. The Morgan fingerprint density at radius 2 is 2.00 bits per heavy atom. The van der Waals surface area contributed by atoms with Gasteiger partial charge in [-0.15, -0.1) is 0 Å². The summed E-state index contributed by atoms with van der Waals surface area (Å²) in [6, 6.07) is 8.50. The van der Waals surface area contributed by atoms with Crippen molar-refractivity contribution in [2.45, 2.75) is 13.3 Å². The lowest BCUT2D eigenvalue weighted by molar-refractivity contribution is 0.103. The van der Waals surface area contributed by atoms with Crippen LogP contribution in [0, 0.1) is 0 Å². The minimum absolute atomic E-state index is 0.0637. The number of carbonyl (C=O) groups is 1. The molecule has 0 aliphatic rings. The lowest BCUT2D eigenvalue weighted by Crippen LogP contribution is -2.05. The van der Waals surface area contributed by atoms with Gasteiger partial charge in [0.1, 0.15) is 11.4 Å². The van der Waals surface area contributed by atoms with E-state index < -0.39 is 0 Å². The van der Waals surface area contributed by atoms with E-state index in [0.717, 1.165) is 12.2 Å². The average molecular weight is 277 g/mol. The van der Waals surface area contributed by atoms with Gasteiger partial charge in [0, 0.05) is 11.8 Å². The fraction of sp³-hybridized carbons (Fsp3) is 0.214. The predicted octanol–water partition coefficient (Wildman–Crippen LogP) is 3.15. The quantitative estimate of drug-likeness (QED) is 0.622. The number of nitrogens with zero attached hydrogens (tertiary/aromatic N) is 2. The van der Waals surface area contributed by atoms with Crippen molar-refractivity contribution in [1.82, 2.24) is 9.97 Å². The van der Waals surface area contributed by atoms with E-state index in [0.29, 0.717) is 12.2 Å². The number of ketones is 1. The van der Waals surface area contributed by atoms with E-state index in [1.54, 1.807) is 24.3 Å². The molecule has 1 aromatic heterocycles. The average Bonchev–Trinajstić information content (AvgIpc) is 2.45. The third-order valence-corrected chi connectivity index (χ3v) is 2.63. The molecule has 0 atom stereocenters. The molecule has 19 heavy (non-hydrogen) atoms. The Balaban J connectivity index is 2.15. The van der Waals surface area contributed by atoms with Gasteiger partial charge in [-0.25, -0.2) is 9.97 Å². The van der Waals surface area contributed by atoms with Crippen molar-refractivity contribution in [3.8, 4) is 5.75 Å². The Kier molecular flexibility index (Phi) is 4.47. The maximum absolute atomic E-state index is 12.1. The summed E-state index contributed by atoms with van der Waals surface area (Å²) in [5, 5.41) is 0.0637. The third-order valence-electron chi connectivity index (χ3n) is 2.45. The molecular weight excluding hydrogens is 264 g/mol. The molecule has 0 aliphatic carbocycles. The fourth-order valence-corrected chi connectivity index (χ4v) is 1.68. The van der Waals surface area contributed by atoms with Crippen molar-refractivity contribution in [2.75, 3.05) is 6.61 Å². The zero-order chi connectivity index (χ0) is 13.7. The highest BCUT2D eigenvalue weighted by molar-refractivity contribution is 6.28.